The number of thioether (sulfide) groups is 1. The van der Waals surface area contributed by atoms with Crippen molar-refractivity contribution in [3.8, 4) is 0 Å². The number of halogens is 1. The van der Waals surface area contributed by atoms with Crippen LogP contribution in [0.5, 0.6) is 0 Å². The molecule has 0 spiro atoms. The van der Waals surface area contributed by atoms with E-state index in [1.165, 1.54) is 29.3 Å². The first-order valence-corrected chi connectivity index (χ1v) is 12.8. The minimum Gasteiger partial charge on any atom is -0.448 e. The predicted octanol–water partition coefficient (Wildman–Crippen LogP) is 4.12. The number of rotatable bonds is 14. The highest BCUT2D eigenvalue weighted by atomic mass is 32.2. The molecule has 0 fully saturated rings. The molecule has 1 rings (SSSR count). The van der Waals surface area contributed by atoms with Crippen LogP contribution in [-0.2, 0) is 25.5 Å². The summed E-state index contributed by atoms with van der Waals surface area (Å²) in [5.41, 5.74) is 5.75. The largest absolute Gasteiger partial charge is 0.448 e. The normalized spacial score (nSPS) is 13.1. The lowest BCUT2D eigenvalue weighted by Crippen LogP contribution is -2.46. The molecule has 0 heterocycles. The van der Waals surface area contributed by atoms with Crippen LogP contribution >= 0.6 is 11.8 Å². The zero-order chi connectivity index (χ0) is 27.0. The van der Waals surface area contributed by atoms with Crippen molar-refractivity contribution in [2.75, 3.05) is 12.0 Å². The molecule has 0 aliphatic rings. The van der Waals surface area contributed by atoms with E-state index in [4.69, 9.17) is 10.5 Å². The van der Waals surface area contributed by atoms with Gasteiger partial charge in [0.2, 0.25) is 11.8 Å². The second kappa shape index (κ2) is 17.9. The molecule has 0 aromatic heterocycles. The second-order valence-electron chi connectivity index (χ2n) is 8.11. The van der Waals surface area contributed by atoms with E-state index in [0.717, 1.165) is 6.42 Å². The summed E-state index contributed by atoms with van der Waals surface area (Å²) in [4.78, 5) is 36.2. The van der Waals surface area contributed by atoms with Crippen LogP contribution in [0, 0.1) is 17.7 Å². The fraction of sp³-hybridized carbons (Fsp3) is 0.560. The highest BCUT2D eigenvalue weighted by Gasteiger charge is 2.21. The van der Waals surface area contributed by atoms with Gasteiger partial charge in [-0.3, -0.25) is 19.7 Å². The molecule has 3 atom stereocenters. The Morgan fingerprint density at radius 1 is 1.20 bits per heavy atom. The Balaban J connectivity index is 0.00000562. The summed E-state index contributed by atoms with van der Waals surface area (Å²) in [6.45, 7) is 15.1. The second-order valence-corrected chi connectivity index (χ2v) is 9.19. The first kappa shape index (κ1) is 32.6. The Bertz CT molecular complexity index is 823. The van der Waals surface area contributed by atoms with Gasteiger partial charge in [-0.05, 0) is 34.9 Å². The molecule has 35 heavy (non-hydrogen) atoms. The van der Waals surface area contributed by atoms with Gasteiger partial charge >= 0.3 is 5.97 Å². The summed E-state index contributed by atoms with van der Waals surface area (Å²) in [6.07, 6.45) is 0.962. The van der Waals surface area contributed by atoms with E-state index in [1.807, 2.05) is 41.5 Å². The summed E-state index contributed by atoms with van der Waals surface area (Å²) in [5, 5.41) is 9.65. The van der Waals surface area contributed by atoms with Crippen molar-refractivity contribution < 1.29 is 23.5 Å². The Kier molecular flexibility index (Phi) is 16.7. The van der Waals surface area contributed by atoms with Crippen LogP contribution in [0.3, 0.4) is 0 Å². The van der Waals surface area contributed by atoms with Gasteiger partial charge in [0, 0.05) is 6.42 Å². The van der Waals surface area contributed by atoms with Crippen LogP contribution in [-0.4, -0.2) is 36.1 Å². The number of amides is 2. The van der Waals surface area contributed by atoms with E-state index in [2.05, 4.69) is 22.5 Å². The molecule has 0 aliphatic heterocycles. The van der Waals surface area contributed by atoms with E-state index in [1.54, 1.807) is 6.07 Å². The molecule has 0 saturated heterocycles. The van der Waals surface area contributed by atoms with Crippen LogP contribution in [0.4, 0.5) is 10.1 Å². The lowest BCUT2D eigenvalue weighted by Gasteiger charge is -2.20. The van der Waals surface area contributed by atoms with Crippen molar-refractivity contribution in [3.05, 3.63) is 41.6 Å². The van der Waals surface area contributed by atoms with E-state index < -0.39 is 23.3 Å². The summed E-state index contributed by atoms with van der Waals surface area (Å²) in [7, 11) is 0. The SMILES string of the molecule is C=CSC(NCOC(=O)C(N)[C@@H](C)CC)NC(=O)Cc1ccc(NC(=O)CC(C)C)c(F)c1.CC. The summed E-state index contributed by atoms with van der Waals surface area (Å²) < 4.78 is 19.5. The zero-order valence-electron chi connectivity index (χ0n) is 21.7. The number of hydrogen-bond donors (Lipinski definition) is 4. The number of nitrogens with two attached hydrogens (primary N) is 1. The average Bonchev–Trinajstić information content (AvgIpc) is 2.80. The van der Waals surface area contributed by atoms with Crippen molar-refractivity contribution >= 4 is 35.2 Å². The number of benzene rings is 1. The number of ether oxygens (including phenoxy) is 1. The first-order chi connectivity index (χ1) is 16.6. The predicted molar refractivity (Wildman–Crippen MR) is 141 cm³/mol. The molecule has 5 N–H and O–H groups in total. The van der Waals surface area contributed by atoms with Crippen LogP contribution in [0.15, 0.2) is 30.2 Å². The number of hydrogen-bond acceptors (Lipinski definition) is 7. The molecule has 0 bridgehead atoms. The third kappa shape index (κ3) is 13.3. The third-order valence-corrected chi connectivity index (χ3v) is 5.55. The number of carbonyl (C=O) groups is 3. The fourth-order valence-corrected chi connectivity index (χ4v) is 3.28. The molecule has 2 amide bonds. The minimum atomic E-state index is -0.718. The third-order valence-electron chi connectivity index (χ3n) is 4.80. The van der Waals surface area contributed by atoms with Gasteiger partial charge < -0.3 is 21.1 Å². The van der Waals surface area contributed by atoms with E-state index in [-0.39, 0.29) is 48.9 Å². The van der Waals surface area contributed by atoms with Gasteiger partial charge in [0.25, 0.3) is 0 Å². The standard InChI is InChI=1S/C23H35FN4O4S.C2H6/c1-6-15(5)21(25)22(31)32-13-26-23(33-7-2)28-20(30)12-16-8-9-18(17(24)11-16)27-19(29)10-14(3)4;1-2/h7-9,11,14-15,21,23,26H,2,6,10,12-13,25H2,1,3-5H3,(H,27,29)(H,28,30);1-2H3/t15-,21?,23?;/m0./s1. The smallest absolute Gasteiger partial charge is 0.324 e. The molecule has 10 heteroatoms. The molecule has 1 aromatic carbocycles. The molecule has 2 unspecified atom stereocenters. The lowest BCUT2D eigenvalue weighted by molar-refractivity contribution is -0.147. The van der Waals surface area contributed by atoms with Crippen LogP contribution < -0.4 is 21.7 Å². The van der Waals surface area contributed by atoms with E-state index >= 15 is 0 Å². The Morgan fingerprint density at radius 3 is 2.40 bits per heavy atom. The average molecular weight is 513 g/mol. The Labute approximate surface area is 213 Å². The highest BCUT2D eigenvalue weighted by molar-refractivity contribution is 8.02. The van der Waals surface area contributed by atoms with Gasteiger partial charge in [-0.25, -0.2) is 4.39 Å². The number of anilines is 1. The maximum atomic E-state index is 14.3. The van der Waals surface area contributed by atoms with E-state index in [0.29, 0.717) is 5.56 Å². The Morgan fingerprint density at radius 2 is 1.86 bits per heavy atom. The van der Waals surface area contributed by atoms with Crippen molar-refractivity contribution in [2.45, 2.75) is 72.3 Å². The maximum absolute atomic E-state index is 14.3. The molecule has 8 nitrogen and oxygen atoms in total. The molecule has 0 saturated carbocycles. The summed E-state index contributed by atoms with van der Waals surface area (Å²) in [5.74, 6) is -1.63. The van der Waals surface area contributed by atoms with Crippen molar-refractivity contribution in [1.29, 1.82) is 0 Å². The molecule has 0 aliphatic carbocycles. The highest BCUT2D eigenvalue weighted by Crippen LogP contribution is 2.17. The van der Waals surface area contributed by atoms with E-state index in [9.17, 15) is 18.8 Å². The maximum Gasteiger partial charge on any atom is 0.324 e. The molecular formula is C25H41FN4O4S. The van der Waals surface area contributed by atoms with Crippen molar-refractivity contribution in [1.82, 2.24) is 10.6 Å². The monoisotopic (exact) mass is 512 g/mol. The first-order valence-electron chi connectivity index (χ1n) is 11.9. The topological polar surface area (TPSA) is 123 Å². The van der Waals surface area contributed by atoms with Crippen LogP contribution in [0.25, 0.3) is 0 Å². The zero-order valence-corrected chi connectivity index (χ0v) is 22.5. The number of carbonyl (C=O) groups excluding carboxylic acids is 3. The van der Waals surface area contributed by atoms with Crippen LogP contribution in [0.1, 0.15) is 59.9 Å². The number of esters is 1. The van der Waals surface area contributed by atoms with Gasteiger partial charge in [-0.2, -0.15) is 0 Å². The minimum absolute atomic E-state index is 0.00846. The van der Waals surface area contributed by atoms with Crippen molar-refractivity contribution in [3.63, 3.8) is 0 Å². The van der Waals surface area contributed by atoms with Gasteiger partial charge in [0.15, 0.2) is 0 Å². The fourth-order valence-electron chi connectivity index (χ4n) is 2.72. The van der Waals surface area contributed by atoms with Crippen molar-refractivity contribution in [2.24, 2.45) is 17.6 Å². The molecule has 0 radical (unpaired) electrons. The number of nitrogens with one attached hydrogen (secondary N) is 3. The quantitative estimate of drug-likeness (QED) is 0.218. The summed E-state index contributed by atoms with van der Waals surface area (Å²) in [6, 6.07) is 3.51. The van der Waals surface area contributed by atoms with Gasteiger partial charge in [0.05, 0.1) is 12.1 Å². The molecule has 1 aromatic rings. The molecular weight excluding hydrogens is 471 g/mol. The van der Waals surface area contributed by atoms with Gasteiger partial charge in [0.1, 0.15) is 24.1 Å². The van der Waals surface area contributed by atoms with Gasteiger partial charge in [-0.1, -0.05) is 72.4 Å². The van der Waals surface area contributed by atoms with Gasteiger partial charge in [-0.15, -0.1) is 0 Å². The van der Waals surface area contributed by atoms with Crippen LogP contribution in [0.2, 0.25) is 0 Å². The Hall–Kier alpha value is -2.43. The lowest BCUT2D eigenvalue weighted by atomic mass is 10.0. The summed E-state index contributed by atoms with van der Waals surface area (Å²) >= 11 is 1.18. The molecule has 198 valence electrons.